The van der Waals surface area contributed by atoms with Gasteiger partial charge in [-0.25, -0.2) is 0 Å². The largest absolute Gasteiger partial charge is 0.493 e. The summed E-state index contributed by atoms with van der Waals surface area (Å²) in [5.74, 6) is 1.52. The zero-order valence-electron chi connectivity index (χ0n) is 15.3. The minimum absolute atomic E-state index is 0.316. The minimum atomic E-state index is 0.316. The van der Waals surface area contributed by atoms with E-state index in [9.17, 15) is 0 Å². The van der Waals surface area contributed by atoms with Gasteiger partial charge >= 0.3 is 0 Å². The number of hydrogen-bond acceptors (Lipinski definition) is 5. The van der Waals surface area contributed by atoms with Gasteiger partial charge in [-0.3, -0.25) is 9.58 Å². The van der Waals surface area contributed by atoms with E-state index in [-0.39, 0.29) is 0 Å². The molecule has 1 fully saturated rings. The second-order valence-electron chi connectivity index (χ2n) is 6.52. The third kappa shape index (κ3) is 4.74. The molecule has 2 aromatic rings. The highest BCUT2D eigenvalue weighted by Crippen LogP contribution is 2.28. The van der Waals surface area contributed by atoms with E-state index in [4.69, 9.17) is 14.2 Å². The van der Waals surface area contributed by atoms with E-state index in [1.54, 1.807) is 14.2 Å². The Morgan fingerprint density at radius 3 is 2.64 bits per heavy atom. The number of rotatable bonds is 8. The van der Waals surface area contributed by atoms with Gasteiger partial charge in [-0.1, -0.05) is 6.07 Å². The van der Waals surface area contributed by atoms with Crippen LogP contribution in [0.2, 0.25) is 0 Å². The van der Waals surface area contributed by atoms with Gasteiger partial charge in [0.1, 0.15) is 0 Å². The Morgan fingerprint density at radius 2 is 2.00 bits per heavy atom. The number of ether oxygens (including phenoxy) is 3. The Kier molecular flexibility index (Phi) is 5.94. The average molecular weight is 345 g/mol. The van der Waals surface area contributed by atoms with Crippen LogP contribution in [0.3, 0.4) is 0 Å². The SMILES string of the molecule is COc1ccc(CN(Cc2cnn(C)c2)CC2CCCO2)cc1OC. The molecule has 136 valence electrons. The highest BCUT2D eigenvalue weighted by atomic mass is 16.5. The fraction of sp³-hybridized carbons (Fsp3) is 0.526. The molecule has 1 aliphatic rings. The van der Waals surface area contributed by atoms with Crippen LogP contribution in [0.15, 0.2) is 30.6 Å². The standard InChI is InChI=1S/C19H27N3O3/c1-21-11-16(10-20-21)13-22(14-17-5-4-8-25-17)12-15-6-7-18(23-2)19(9-15)24-3/h6-7,9-11,17H,4-5,8,12-14H2,1-3H3. The maximum Gasteiger partial charge on any atom is 0.161 e. The Hall–Kier alpha value is -2.05. The summed E-state index contributed by atoms with van der Waals surface area (Å²) in [5.41, 5.74) is 2.40. The van der Waals surface area contributed by atoms with Crippen molar-refractivity contribution in [3.8, 4) is 11.5 Å². The predicted molar refractivity (Wildman–Crippen MR) is 95.8 cm³/mol. The lowest BCUT2D eigenvalue weighted by molar-refractivity contribution is 0.0679. The van der Waals surface area contributed by atoms with Crippen LogP contribution in [0.25, 0.3) is 0 Å². The Morgan fingerprint density at radius 1 is 1.20 bits per heavy atom. The molecule has 0 aliphatic carbocycles. The molecular formula is C19H27N3O3. The topological polar surface area (TPSA) is 48.8 Å². The summed E-state index contributed by atoms with van der Waals surface area (Å²) in [7, 11) is 5.27. The zero-order chi connectivity index (χ0) is 17.6. The zero-order valence-corrected chi connectivity index (χ0v) is 15.3. The summed E-state index contributed by atoms with van der Waals surface area (Å²) in [5, 5.41) is 4.28. The molecule has 25 heavy (non-hydrogen) atoms. The first-order valence-corrected chi connectivity index (χ1v) is 8.70. The van der Waals surface area contributed by atoms with Crippen LogP contribution in [-0.4, -0.2) is 48.2 Å². The second-order valence-corrected chi connectivity index (χ2v) is 6.52. The van der Waals surface area contributed by atoms with Crippen molar-refractivity contribution in [1.82, 2.24) is 14.7 Å². The lowest BCUT2D eigenvalue weighted by atomic mass is 10.1. The van der Waals surface area contributed by atoms with Crippen molar-refractivity contribution < 1.29 is 14.2 Å². The lowest BCUT2D eigenvalue weighted by Gasteiger charge is -2.25. The van der Waals surface area contributed by atoms with E-state index >= 15 is 0 Å². The molecule has 6 nitrogen and oxygen atoms in total. The Labute approximate surface area is 149 Å². The minimum Gasteiger partial charge on any atom is -0.493 e. The van der Waals surface area contributed by atoms with E-state index in [1.165, 1.54) is 11.1 Å². The smallest absolute Gasteiger partial charge is 0.161 e. The van der Waals surface area contributed by atoms with Crippen molar-refractivity contribution in [3.63, 3.8) is 0 Å². The van der Waals surface area contributed by atoms with E-state index < -0.39 is 0 Å². The number of hydrogen-bond donors (Lipinski definition) is 0. The Bertz CT molecular complexity index is 680. The van der Waals surface area contributed by atoms with Crippen LogP contribution >= 0.6 is 0 Å². The molecule has 0 radical (unpaired) electrons. The Balaban J connectivity index is 1.73. The van der Waals surface area contributed by atoms with Crippen LogP contribution in [0.1, 0.15) is 24.0 Å². The number of aryl methyl sites for hydroxylation is 1. The fourth-order valence-corrected chi connectivity index (χ4v) is 3.31. The number of nitrogens with zero attached hydrogens (tertiary/aromatic N) is 3. The van der Waals surface area contributed by atoms with Crippen molar-refractivity contribution in [1.29, 1.82) is 0 Å². The summed E-state index contributed by atoms with van der Waals surface area (Å²) in [6.07, 6.45) is 6.60. The molecule has 2 heterocycles. The molecule has 1 saturated heterocycles. The highest BCUT2D eigenvalue weighted by molar-refractivity contribution is 5.42. The van der Waals surface area contributed by atoms with Crippen LogP contribution in [0, 0.1) is 0 Å². The predicted octanol–water partition coefficient (Wildman–Crippen LogP) is 2.62. The van der Waals surface area contributed by atoms with Gasteiger partial charge in [0.05, 0.1) is 26.5 Å². The maximum atomic E-state index is 5.84. The maximum absolute atomic E-state index is 5.84. The van der Waals surface area contributed by atoms with Gasteiger partial charge in [-0.05, 0) is 30.5 Å². The van der Waals surface area contributed by atoms with E-state index in [2.05, 4.69) is 22.3 Å². The number of methoxy groups -OCH3 is 2. The molecule has 1 atom stereocenters. The van der Waals surface area contributed by atoms with Gasteiger partial charge in [-0.2, -0.15) is 5.10 Å². The van der Waals surface area contributed by atoms with Gasteiger partial charge in [0, 0.05) is 45.0 Å². The second kappa shape index (κ2) is 8.36. The molecule has 0 amide bonds. The molecule has 3 rings (SSSR count). The van der Waals surface area contributed by atoms with Crippen LogP contribution < -0.4 is 9.47 Å². The van der Waals surface area contributed by atoms with Crippen molar-refractivity contribution in [3.05, 3.63) is 41.7 Å². The third-order valence-corrected chi connectivity index (χ3v) is 4.50. The molecule has 1 unspecified atom stereocenters. The van der Waals surface area contributed by atoms with E-state index in [0.29, 0.717) is 6.10 Å². The first kappa shape index (κ1) is 17.8. The molecule has 6 heteroatoms. The summed E-state index contributed by atoms with van der Waals surface area (Å²) in [4.78, 5) is 2.41. The monoisotopic (exact) mass is 345 g/mol. The summed E-state index contributed by atoms with van der Waals surface area (Å²) in [6, 6.07) is 6.10. The number of aromatic nitrogens is 2. The van der Waals surface area contributed by atoms with Gasteiger partial charge in [0.2, 0.25) is 0 Å². The molecule has 0 N–H and O–H groups in total. The van der Waals surface area contributed by atoms with Gasteiger partial charge in [0.15, 0.2) is 11.5 Å². The third-order valence-electron chi connectivity index (χ3n) is 4.50. The molecular weight excluding hydrogens is 318 g/mol. The molecule has 0 spiro atoms. The van der Waals surface area contributed by atoms with Crippen LogP contribution in [0.5, 0.6) is 11.5 Å². The lowest BCUT2D eigenvalue weighted by Crippen LogP contribution is -2.31. The number of benzene rings is 1. The first-order chi connectivity index (χ1) is 12.2. The van der Waals surface area contributed by atoms with Gasteiger partial charge < -0.3 is 14.2 Å². The van der Waals surface area contributed by atoms with Crippen molar-refractivity contribution in [2.45, 2.75) is 32.0 Å². The fourth-order valence-electron chi connectivity index (χ4n) is 3.31. The van der Waals surface area contributed by atoms with E-state index in [0.717, 1.165) is 50.6 Å². The van der Waals surface area contributed by atoms with Crippen LogP contribution in [0.4, 0.5) is 0 Å². The van der Waals surface area contributed by atoms with Crippen molar-refractivity contribution in [2.75, 3.05) is 27.4 Å². The summed E-state index contributed by atoms with van der Waals surface area (Å²) >= 11 is 0. The molecule has 1 aromatic carbocycles. The summed E-state index contributed by atoms with van der Waals surface area (Å²) < 4.78 is 18.4. The molecule has 0 saturated carbocycles. The average Bonchev–Trinajstić information content (AvgIpc) is 3.26. The highest BCUT2D eigenvalue weighted by Gasteiger charge is 2.20. The summed E-state index contributed by atoms with van der Waals surface area (Å²) in [6.45, 7) is 3.47. The first-order valence-electron chi connectivity index (χ1n) is 8.70. The van der Waals surface area contributed by atoms with E-state index in [1.807, 2.05) is 30.1 Å². The van der Waals surface area contributed by atoms with Crippen LogP contribution in [-0.2, 0) is 24.9 Å². The van der Waals surface area contributed by atoms with Crippen molar-refractivity contribution in [2.24, 2.45) is 7.05 Å². The molecule has 0 bridgehead atoms. The normalized spacial score (nSPS) is 17.2. The van der Waals surface area contributed by atoms with Gasteiger partial charge in [-0.15, -0.1) is 0 Å². The molecule has 1 aromatic heterocycles. The van der Waals surface area contributed by atoms with Crippen molar-refractivity contribution >= 4 is 0 Å². The quantitative estimate of drug-likeness (QED) is 0.736. The van der Waals surface area contributed by atoms with Gasteiger partial charge in [0.25, 0.3) is 0 Å². The molecule has 1 aliphatic heterocycles.